The summed E-state index contributed by atoms with van der Waals surface area (Å²) in [7, 11) is 0. The fraction of sp³-hybridized carbons (Fsp3) is 0.0833. The van der Waals surface area contributed by atoms with Gasteiger partial charge in [-0.3, -0.25) is 10.8 Å². The van der Waals surface area contributed by atoms with Crippen molar-refractivity contribution in [3.05, 3.63) is 62.5 Å². The summed E-state index contributed by atoms with van der Waals surface area (Å²) < 4.78 is 14.6. The Labute approximate surface area is 121 Å². The van der Waals surface area contributed by atoms with Crippen molar-refractivity contribution in [3.8, 4) is 0 Å². The number of hydrogen-bond donors (Lipinski definition) is 2. The summed E-state index contributed by atoms with van der Waals surface area (Å²) >= 11 is 6.78. The summed E-state index contributed by atoms with van der Waals surface area (Å²) in [5, 5.41) is 0. The number of nitrogens with two attached hydrogens (primary N) is 1. The third-order valence-electron chi connectivity index (χ3n) is 2.48. The molecule has 0 fully saturated rings. The first-order chi connectivity index (χ1) is 8.61. The quantitative estimate of drug-likeness (QED) is 0.640. The first-order valence-corrected chi connectivity index (χ1v) is 6.73. The second-order valence-corrected chi connectivity index (χ2v) is 5.44. The van der Waals surface area contributed by atoms with Crippen LogP contribution in [-0.2, 0) is 0 Å². The summed E-state index contributed by atoms with van der Waals surface area (Å²) in [5.41, 5.74) is 4.27. The van der Waals surface area contributed by atoms with E-state index in [2.05, 4.69) is 42.3 Å². The SMILES string of the molecule is NNC(c1ccc(F)cc1)c1ncc(Br)cc1Br. The molecule has 0 spiro atoms. The van der Waals surface area contributed by atoms with Gasteiger partial charge >= 0.3 is 0 Å². The lowest BCUT2D eigenvalue weighted by Crippen LogP contribution is -2.29. The molecule has 3 nitrogen and oxygen atoms in total. The number of hydrazine groups is 1. The van der Waals surface area contributed by atoms with Crippen molar-refractivity contribution in [3.63, 3.8) is 0 Å². The molecule has 0 aliphatic heterocycles. The average Bonchev–Trinajstić information content (AvgIpc) is 2.35. The first kappa shape index (κ1) is 13.6. The molecule has 6 heteroatoms. The standard InChI is InChI=1S/C12H10Br2FN3/c13-8-5-10(14)12(17-6-8)11(18-16)7-1-3-9(15)4-2-7/h1-6,11,18H,16H2. The molecule has 0 aliphatic carbocycles. The molecule has 3 N–H and O–H groups in total. The number of nitrogens with one attached hydrogen (secondary N) is 1. The third kappa shape index (κ3) is 2.95. The van der Waals surface area contributed by atoms with Gasteiger partial charge < -0.3 is 0 Å². The molecule has 0 aliphatic rings. The molecular formula is C12H10Br2FN3. The Kier molecular flexibility index (Phi) is 4.45. The largest absolute Gasteiger partial charge is 0.271 e. The summed E-state index contributed by atoms with van der Waals surface area (Å²) in [6.45, 7) is 0. The van der Waals surface area contributed by atoms with E-state index in [1.54, 1.807) is 18.3 Å². The summed E-state index contributed by atoms with van der Waals surface area (Å²) in [5.74, 6) is 5.29. The minimum atomic E-state index is -0.298. The molecule has 2 rings (SSSR count). The molecular weight excluding hydrogens is 365 g/mol. The van der Waals surface area contributed by atoms with Crippen molar-refractivity contribution in [2.75, 3.05) is 0 Å². The van der Waals surface area contributed by atoms with E-state index in [-0.39, 0.29) is 11.9 Å². The fourth-order valence-electron chi connectivity index (χ4n) is 1.63. The number of rotatable bonds is 3. The van der Waals surface area contributed by atoms with Crippen LogP contribution >= 0.6 is 31.9 Å². The number of hydrogen-bond acceptors (Lipinski definition) is 3. The van der Waals surface area contributed by atoms with Crippen molar-refractivity contribution in [2.45, 2.75) is 6.04 Å². The second-order valence-electron chi connectivity index (χ2n) is 3.67. The maximum atomic E-state index is 12.9. The lowest BCUT2D eigenvalue weighted by atomic mass is 10.0. The molecule has 1 aromatic heterocycles. The molecule has 0 saturated carbocycles. The zero-order valence-corrected chi connectivity index (χ0v) is 12.4. The van der Waals surface area contributed by atoms with Crippen LogP contribution < -0.4 is 11.3 Å². The van der Waals surface area contributed by atoms with Crippen LogP contribution in [-0.4, -0.2) is 4.98 Å². The molecule has 0 amide bonds. The third-order valence-corrected chi connectivity index (χ3v) is 3.55. The van der Waals surface area contributed by atoms with Gasteiger partial charge in [0, 0.05) is 15.1 Å². The Bertz CT molecular complexity index is 546. The Morgan fingerprint density at radius 3 is 2.44 bits per heavy atom. The minimum Gasteiger partial charge on any atom is -0.271 e. The van der Waals surface area contributed by atoms with E-state index in [4.69, 9.17) is 5.84 Å². The highest BCUT2D eigenvalue weighted by Crippen LogP contribution is 2.28. The lowest BCUT2D eigenvalue weighted by molar-refractivity contribution is 0.606. The Hall–Kier alpha value is -0.820. The van der Waals surface area contributed by atoms with Gasteiger partial charge in [0.25, 0.3) is 0 Å². The van der Waals surface area contributed by atoms with Crippen molar-refractivity contribution in [1.29, 1.82) is 0 Å². The van der Waals surface area contributed by atoms with Crippen LogP contribution in [0.25, 0.3) is 0 Å². The molecule has 1 atom stereocenters. The number of pyridine rings is 1. The highest BCUT2D eigenvalue weighted by atomic mass is 79.9. The van der Waals surface area contributed by atoms with Crippen LogP contribution in [0.2, 0.25) is 0 Å². The maximum absolute atomic E-state index is 12.9. The number of nitrogens with zero attached hydrogens (tertiary/aromatic N) is 1. The van der Waals surface area contributed by atoms with Crippen LogP contribution in [0.15, 0.2) is 45.5 Å². The van der Waals surface area contributed by atoms with E-state index in [1.165, 1.54) is 12.1 Å². The average molecular weight is 375 g/mol. The predicted octanol–water partition coefficient (Wildman–Crippen LogP) is 3.30. The van der Waals surface area contributed by atoms with Crippen molar-refractivity contribution in [1.82, 2.24) is 10.4 Å². The van der Waals surface area contributed by atoms with Crippen LogP contribution in [0.3, 0.4) is 0 Å². The maximum Gasteiger partial charge on any atom is 0.123 e. The molecule has 0 bridgehead atoms. The van der Waals surface area contributed by atoms with Gasteiger partial charge in [0.1, 0.15) is 5.82 Å². The molecule has 0 saturated heterocycles. The fourth-order valence-corrected chi connectivity index (χ4v) is 2.84. The zero-order chi connectivity index (χ0) is 13.1. The van der Waals surface area contributed by atoms with E-state index >= 15 is 0 Å². The van der Waals surface area contributed by atoms with E-state index in [0.29, 0.717) is 0 Å². The van der Waals surface area contributed by atoms with Gasteiger partial charge in [-0.1, -0.05) is 12.1 Å². The van der Waals surface area contributed by atoms with Crippen LogP contribution in [0, 0.1) is 5.82 Å². The van der Waals surface area contributed by atoms with Gasteiger partial charge in [-0.2, -0.15) is 0 Å². The first-order valence-electron chi connectivity index (χ1n) is 5.14. The van der Waals surface area contributed by atoms with Crippen molar-refractivity contribution in [2.24, 2.45) is 5.84 Å². The molecule has 1 aromatic carbocycles. The Morgan fingerprint density at radius 2 is 1.89 bits per heavy atom. The Morgan fingerprint density at radius 1 is 1.22 bits per heavy atom. The van der Waals surface area contributed by atoms with Gasteiger partial charge in [-0.15, -0.1) is 0 Å². The van der Waals surface area contributed by atoms with Crippen LogP contribution in [0.1, 0.15) is 17.3 Å². The van der Waals surface area contributed by atoms with Gasteiger partial charge in [0.05, 0.1) is 11.7 Å². The summed E-state index contributed by atoms with van der Waals surface area (Å²) in [6.07, 6.45) is 1.69. The number of aromatic nitrogens is 1. The lowest BCUT2D eigenvalue weighted by Gasteiger charge is -2.17. The Balaban J connectivity index is 2.41. The van der Waals surface area contributed by atoms with Gasteiger partial charge in [-0.05, 0) is 55.6 Å². The van der Waals surface area contributed by atoms with E-state index in [1.807, 2.05) is 6.07 Å². The molecule has 18 heavy (non-hydrogen) atoms. The van der Waals surface area contributed by atoms with Gasteiger partial charge in [-0.25, -0.2) is 9.82 Å². The molecule has 0 radical (unpaired) electrons. The second kappa shape index (κ2) is 5.88. The van der Waals surface area contributed by atoms with Crippen molar-refractivity contribution < 1.29 is 4.39 Å². The highest BCUT2D eigenvalue weighted by Gasteiger charge is 2.17. The molecule has 94 valence electrons. The van der Waals surface area contributed by atoms with Crippen LogP contribution in [0.4, 0.5) is 4.39 Å². The number of benzene rings is 1. The van der Waals surface area contributed by atoms with E-state index in [0.717, 1.165) is 20.2 Å². The zero-order valence-electron chi connectivity index (χ0n) is 9.20. The van der Waals surface area contributed by atoms with Gasteiger partial charge in [0.15, 0.2) is 0 Å². The van der Waals surface area contributed by atoms with Crippen LogP contribution in [0.5, 0.6) is 0 Å². The smallest absolute Gasteiger partial charge is 0.123 e. The van der Waals surface area contributed by atoms with E-state index < -0.39 is 0 Å². The molecule has 1 unspecified atom stereocenters. The van der Waals surface area contributed by atoms with E-state index in [9.17, 15) is 4.39 Å². The predicted molar refractivity (Wildman–Crippen MR) is 75.2 cm³/mol. The van der Waals surface area contributed by atoms with Crippen molar-refractivity contribution >= 4 is 31.9 Å². The minimum absolute atomic E-state index is 0.280. The monoisotopic (exact) mass is 373 g/mol. The summed E-state index contributed by atoms with van der Waals surface area (Å²) in [6, 6.07) is 7.73. The van der Waals surface area contributed by atoms with Gasteiger partial charge in [0.2, 0.25) is 0 Å². The normalized spacial score (nSPS) is 12.4. The highest BCUT2D eigenvalue weighted by molar-refractivity contribution is 9.11. The molecule has 2 aromatic rings. The topological polar surface area (TPSA) is 50.9 Å². The number of halogens is 3. The molecule has 1 heterocycles. The summed E-state index contributed by atoms with van der Waals surface area (Å²) in [4.78, 5) is 4.32.